The molecule has 1 aliphatic rings. The number of fused-ring (bicyclic) bond motifs is 1. The van der Waals surface area contributed by atoms with E-state index in [0.29, 0.717) is 6.42 Å². The molecule has 0 aromatic carbocycles. The lowest BCUT2D eigenvalue weighted by Crippen LogP contribution is -2.22. The van der Waals surface area contributed by atoms with Crippen LogP contribution in [0.15, 0.2) is 0 Å². The van der Waals surface area contributed by atoms with Gasteiger partial charge in [-0.05, 0) is 31.2 Å². The minimum atomic E-state index is -3.43. The molecule has 0 fully saturated rings. The fourth-order valence-electron chi connectivity index (χ4n) is 2.28. The van der Waals surface area contributed by atoms with Crippen LogP contribution < -0.4 is 5.32 Å². The number of thiophene rings is 1. The number of aryl methyl sites for hydroxylation is 1. The van der Waals surface area contributed by atoms with E-state index in [9.17, 15) is 23.1 Å². The summed E-state index contributed by atoms with van der Waals surface area (Å²) in [4.78, 5) is 24.0. The van der Waals surface area contributed by atoms with E-state index in [4.69, 9.17) is 0 Å². The topological polar surface area (TPSA) is 101 Å². The third-order valence-corrected chi connectivity index (χ3v) is 5.03. The molecule has 0 bridgehead atoms. The Morgan fingerprint density at radius 3 is 2.55 bits per heavy atom. The second-order valence-electron chi connectivity index (χ2n) is 4.84. The summed E-state index contributed by atoms with van der Waals surface area (Å²) in [5.41, 5.74) is 0.898. The molecule has 0 atom stereocenters. The Labute approximate surface area is 120 Å². The second-order valence-corrected chi connectivity index (χ2v) is 8.08. The third kappa shape index (κ3) is 3.37. The maximum absolute atomic E-state index is 11.6. The number of carboxylic acid groups (broad SMARTS) is 1. The third-order valence-electron chi connectivity index (χ3n) is 3.03. The van der Waals surface area contributed by atoms with Crippen molar-refractivity contribution in [3.05, 3.63) is 16.0 Å². The molecule has 0 saturated heterocycles. The zero-order chi connectivity index (χ0) is 14.9. The number of anilines is 1. The molecule has 1 aliphatic carbocycles. The van der Waals surface area contributed by atoms with Crippen molar-refractivity contribution in [3.8, 4) is 0 Å². The first-order valence-corrected chi connectivity index (χ1v) is 9.01. The van der Waals surface area contributed by atoms with E-state index in [1.54, 1.807) is 0 Å². The molecule has 8 heteroatoms. The highest BCUT2D eigenvalue weighted by atomic mass is 32.2. The SMILES string of the molecule is CS(=O)(=O)CC(=O)Nc1sc2c(c1C(=O)O)CCCC2. The molecule has 2 rings (SSSR count). The summed E-state index contributed by atoms with van der Waals surface area (Å²) < 4.78 is 22.1. The fourth-order valence-corrected chi connectivity index (χ4v) is 4.13. The minimum Gasteiger partial charge on any atom is -0.478 e. The number of hydrogen-bond donors (Lipinski definition) is 2. The van der Waals surface area contributed by atoms with E-state index in [1.165, 1.54) is 11.3 Å². The van der Waals surface area contributed by atoms with Crippen LogP contribution in [0.5, 0.6) is 0 Å². The van der Waals surface area contributed by atoms with Gasteiger partial charge in [-0.1, -0.05) is 0 Å². The molecule has 20 heavy (non-hydrogen) atoms. The Balaban J connectivity index is 2.30. The summed E-state index contributed by atoms with van der Waals surface area (Å²) in [5.74, 6) is -2.43. The van der Waals surface area contributed by atoms with E-state index >= 15 is 0 Å². The lowest BCUT2D eigenvalue weighted by atomic mass is 9.95. The van der Waals surface area contributed by atoms with Crippen LogP contribution in [0.4, 0.5) is 5.00 Å². The number of sulfone groups is 1. The number of amides is 1. The molecule has 110 valence electrons. The van der Waals surface area contributed by atoms with E-state index in [2.05, 4.69) is 5.32 Å². The monoisotopic (exact) mass is 317 g/mol. The highest BCUT2D eigenvalue weighted by molar-refractivity contribution is 7.91. The molecule has 0 unspecified atom stereocenters. The number of carbonyl (C=O) groups is 2. The van der Waals surface area contributed by atoms with Crippen LogP contribution >= 0.6 is 11.3 Å². The van der Waals surface area contributed by atoms with Gasteiger partial charge in [-0.25, -0.2) is 13.2 Å². The number of nitrogens with one attached hydrogen (secondary N) is 1. The lowest BCUT2D eigenvalue weighted by molar-refractivity contribution is -0.113. The van der Waals surface area contributed by atoms with Gasteiger partial charge in [-0.15, -0.1) is 11.3 Å². The van der Waals surface area contributed by atoms with E-state index in [-0.39, 0.29) is 10.6 Å². The Morgan fingerprint density at radius 1 is 1.30 bits per heavy atom. The Kier molecular flexibility index (Phi) is 4.14. The van der Waals surface area contributed by atoms with Crippen LogP contribution in [0.2, 0.25) is 0 Å². The maximum atomic E-state index is 11.6. The van der Waals surface area contributed by atoms with Crippen LogP contribution in [0.3, 0.4) is 0 Å². The molecule has 0 spiro atoms. The quantitative estimate of drug-likeness (QED) is 0.872. The van der Waals surface area contributed by atoms with Gasteiger partial charge in [0, 0.05) is 11.1 Å². The Hall–Kier alpha value is -1.41. The van der Waals surface area contributed by atoms with Crippen molar-refractivity contribution in [2.75, 3.05) is 17.3 Å². The van der Waals surface area contributed by atoms with Gasteiger partial charge < -0.3 is 10.4 Å². The predicted octanol–water partition coefficient (Wildman–Crippen LogP) is 1.31. The van der Waals surface area contributed by atoms with E-state index in [0.717, 1.165) is 36.0 Å². The number of aromatic carboxylic acids is 1. The number of carboxylic acids is 1. The summed E-state index contributed by atoms with van der Waals surface area (Å²) in [6.45, 7) is 0. The molecule has 6 nitrogen and oxygen atoms in total. The van der Waals surface area contributed by atoms with Gasteiger partial charge in [0.2, 0.25) is 5.91 Å². The standard InChI is InChI=1S/C12H15NO5S2/c1-20(17,18)6-9(14)13-11-10(12(15)16)7-4-2-3-5-8(7)19-11/h2-6H2,1H3,(H,13,14)(H,15,16). The average Bonchev–Trinajstić information content (AvgIpc) is 2.63. The van der Waals surface area contributed by atoms with Crippen molar-refractivity contribution in [2.24, 2.45) is 0 Å². The molecule has 0 aliphatic heterocycles. The number of rotatable bonds is 4. The molecule has 1 aromatic heterocycles. The van der Waals surface area contributed by atoms with Gasteiger partial charge in [-0.3, -0.25) is 4.79 Å². The zero-order valence-electron chi connectivity index (χ0n) is 10.9. The first kappa shape index (κ1) is 15.0. The molecular weight excluding hydrogens is 302 g/mol. The lowest BCUT2D eigenvalue weighted by Gasteiger charge is -2.10. The van der Waals surface area contributed by atoms with Gasteiger partial charge in [-0.2, -0.15) is 0 Å². The summed E-state index contributed by atoms with van der Waals surface area (Å²) >= 11 is 1.24. The van der Waals surface area contributed by atoms with Gasteiger partial charge >= 0.3 is 5.97 Å². The molecular formula is C12H15NO5S2. The van der Waals surface area contributed by atoms with E-state index in [1.807, 2.05) is 0 Å². The number of hydrogen-bond acceptors (Lipinski definition) is 5. The number of carbonyl (C=O) groups excluding carboxylic acids is 1. The first-order chi connectivity index (χ1) is 9.28. The van der Waals surface area contributed by atoms with Crippen LogP contribution in [-0.2, 0) is 27.5 Å². The van der Waals surface area contributed by atoms with Crippen molar-refractivity contribution in [2.45, 2.75) is 25.7 Å². The van der Waals surface area contributed by atoms with Crippen LogP contribution in [0, 0.1) is 0 Å². The maximum Gasteiger partial charge on any atom is 0.339 e. The van der Waals surface area contributed by atoms with Gasteiger partial charge in [0.1, 0.15) is 10.8 Å². The highest BCUT2D eigenvalue weighted by Crippen LogP contribution is 2.38. The van der Waals surface area contributed by atoms with Crippen LogP contribution in [0.25, 0.3) is 0 Å². The smallest absolute Gasteiger partial charge is 0.339 e. The van der Waals surface area contributed by atoms with Gasteiger partial charge in [0.15, 0.2) is 9.84 Å². The second kappa shape index (κ2) is 5.53. The predicted molar refractivity (Wildman–Crippen MR) is 76.3 cm³/mol. The Bertz CT molecular complexity index is 660. The normalized spacial score (nSPS) is 14.7. The van der Waals surface area contributed by atoms with Gasteiger partial charge in [0.25, 0.3) is 0 Å². The molecule has 0 radical (unpaired) electrons. The average molecular weight is 317 g/mol. The van der Waals surface area contributed by atoms with Crippen LogP contribution in [0.1, 0.15) is 33.6 Å². The molecule has 1 aromatic rings. The largest absolute Gasteiger partial charge is 0.478 e. The van der Waals surface area contributed by atoms with Crippen LogP contribution in [-0.4, -0.2) is 37.4 Å². The van der Waals surface area contributed by atoms with Crippen molar-refractivity contribution in [3.63, 3.8) is 0 Å². The summed E-state index contributed by atoms with van der Waals surface area (Å²) in [7, 11) is -3.43. The highest BCUT2D eigenvalue weighted by Gasteiger charge is 2.26. The summed E-state index contributed by atoms with van der Waals surface area (Å²) in [5, 5.41) is 12.0. The zero-order valence-corrected chi connectivity index (χ0v) is 12.6. The van der Waals surface area contributed by atoms with Gasteiger partial charge in [0.05, 0.1) is 5.56 Å². The minimum absolute atomic E-state index is 0.117. The summed E-state index contributed by atoms with van der Waals surface area (Å²) in [6, 6.07) is 0. The van der Waals surface area contributed by atoms with E-state index < -0.39 is 27.5 Å². The molecule has 1 heterocycles. The Morgan fingerprint density at radius 2 is 1.95 bits per heavy atom. The molecule has 1 amide bonds. The van der Waals surface area contributed by atoms with Crippen molar-refractivity contribution >= 4 is 38.1 Å². The van der Waals surface area contributed by atoms with Crippen molar-refractivity contribution in [1.29, 1.82) is 0 Å². The summed E-state index contributed by atoms with van der Waals surface area (Å²) in [6.07, 6.45) is 4.39. The fraction of sp³-hybridized carbons (Fsp3) is 0.500. The van der Waals surface area contributed by atoms with Crippen molar-refractivity contribution in [1.82, 2.24) is 0 Å². The van der Waals surface area contributed by atoms with Crippen molar-refractivity contribution < 1.29 is 23.1 Å². The molecule has 0 saturated carbocycles. The molecule has 2 N–H and O–H groups in total. The first-order valence-electron chi connectivity index (χ1n) is 6.13.